The molecule has 0 aromatic rings. The second kappa shape index (κ2) is 43.2. The highest BCUT2D eigenvalue weighted by molar-refractivity contribution is 7.47. The summed E-state index contributed by atoms with van der Waals surface area (Å²) >= 11 is 0. The fourth-order valence-electron chi connectivity index (χ4n) is 7.05. The molecule has 0 aromatic heterocycles. The summed E-state index contributed by atoms with van der Waals surface area (Å²) in [7, 11) is 1.29. The number of esters is 2. The quantitative estimate of drug-likeness (QED) is 0.0151. The van der Waals surface area contributed by atoms with Crippen molar-refractivity contribution < 1.29 is 57.4 Å². The Hall–Kier alpha value is -2.15. The molecule has 0 radical (unpaired) electrons. The van der Waals surface area contributed by atoms with Crippen LogP contribution in [0.1, 0.15) is 200 Å². The molecule has 0 aromatic carbocycles. The minimum Gasteiger partial charge on any atom is -0.462 e. The Balaban J connectivity index is 4.51. The molecule has 65 heavy (non-hydrogen) atoms. The highest BCUT2D eigenvalue weighted by Crippen LogP contribution is 2.43. The lowest BCUT2D eigenvalue weighted by atomic mass is 10.0. The van der Waals surface area contributed by atoms with Crippen molar-refractivity contribution in [1.82, 2.24) is 0 Å². The standard InChI is InChI=1S/C52H96NO11P/c1-6-8-10-11-12-13-14-15-16-17-18-19-20-21-22-23-24-25-26-31-35-41-52(58)64-48(46-63-65(59,60)62-44-43-53(3,4)5)45-61-51(57)42-36-40-50(56)49(55)39-34-30-28-27-29-33-38-47(54)37-32-9-7-2/h27-30,33-34,38-39,47-50,54-56H,6-26,31-32,35-37,40-46H2,1-5H3/p+1/b29-27-,30-28+,38-33+,39-34+/t47-,48-,49-,50-/m1/s1. The summed E-state index contributed by atoms with van der Waals surface area (Å²) in [6, 6.07) is 0. The Labute approximate surface area is 396 Å². The number of nitrogens with zero attached hydrogens (tertiary/aromatic N) is 1. The van der Waals surface area contributed by atoms with Crippen molar-refractivity contribution in [3.8, 4) is 0 Å². The summed E-state index contributed by atoms with van der Waals surface area (Å²) in [5.41, 5.74) is 0. The zero-order valence-electron chi connectivity index (χ0n) is 41.8. The van der Waals surface area contributed by atoms with Gasteiger partial charge < -0.3 is 34.2 Å². The molecular formula is C52H97NO11P+. The Morgan fingerprint density at radius 3 is 1.49 bits per heavy atom. The predicted molar refractivity (Wildman–Crippen MR) is 265 cm³/mol. The number of aliphatic hydroxyl groups is 3. The number of likely N-dealkylation sites (N-methyl/N-ethyl adjacent to an activating group) is 1. The Kier molecular flexibility index (Phi) is 41.7. The minimum absolute atomic E-state index is 0.0236. The first-order valence-corrected chi connectivity index (χ1v) is 27.2. The van der Waals surface area contributed by atoms with Crippen LogP contribution < -0.4 is 0 Å². The number of carbonyl (C=O) groups is 2. The van der Waals surface area contributed by atoms with E-state index in [4.69, 9.17) is 18.5 Å². The molecule has 380 valence electrons. The second-order valence-corrected chi connectivity index (χ2v) is 20.2. The molecule has 0 aliphatic carbocycles. The summed E-state index contributed by atoms with van der Waals surface area (Å²) in [6.07, 6.45) is 41.0. The number of ether oxygens (including phenoxy) is 2. The van der Waals surface area contributed by atoms with E-state index in [9.17, 15) is 34.4 Å². The number of rotatable bonds is 46. The van der Waals surface area contributed by atoms with Crippen molar-refractivity contribution in [2.45, 2.75) is 224 Å². The zero-order chi connectivity index (χ0) is 48.3. The van der Waals surface area contributed by atoms with Gasteiger partial charge in [-0.1, -0.05) is 210 Å². The summed E-state index contributed by atoms with van der Waals surface area (Å²) < 4.78 is 34.2. The van der Waals surface area contributed by atoms with E-state index in [2.05, 4.69) is 13.8 Å². The lowest BCUT2D eigenvalue weighted by molar-refractivity contribution is -0.870. The van der Waals surface area contributed by atoms with Gasteiger partial charge in [0.2, 0.25) is 0 Å². The number of hydrogen-bond acceptors (Lipinski definition) is 10. The molecular weight excluding hydrogens is 846 g/mol. The molecule has 0 rings (SSSR count). The number of carbonyl (C=O) groups excluding carboxylic acids is 2. The normalized spacial score (nSPS) is 15.3. The molecule has 0 saturated heterocycles. The van der Waals surface area contributed by atoms with Crippen LogP contribution >= 0.6 is 7.82 Å². The zero-order valence-corrected chi connectivity index (χ0v) is 42.7. The van der Waals surface area contributed by atoms with E-state index in [0.29, 0.717) is 17.4 Å². The van der Waals surface area contributed by atoms with Gasteiger partial charge in [-0.2, -0.15) is 0 Å². The SMILES string of the molecule is CCCCCCCCCCCCCCCCCCCCCCCC(=O)O[C@H](COC(=O)CCC[C@@H](O)[C@H](O)/C=C/C=C/C=C\C=C\[C@H](O)CCCCC)COP(=O)(O)OCC[N+](C)(C)C. The summed E-state index contributed by atoms with van der Waals surface area (Å²) in [6.45, 7) is 3.95. The van der Waals surface area contributed by atoms with Crippen LogP contribution in [0, 0.1) is 0 Å². The van der Waals surface area contributed by atoms with E-state index in [1.807, 2.05) is 21.1 Å². The monoisotopic (exact) mass is 943 g/mol. The Bertz CT molecular complexity index is 1300. The minimum atomic E-state index is -4.46. The van der Waals surface area contributed by atoms with Crippen molar-refractivity contribution >= 4 is 19.8 Å². The third-order valence-corrected chi connectivity index (χ3v) is 12.2. The van der Waals surface area contributed by atoms with Crippen molar-refractivity contribution in [2.24, 2.45) is 0 Å². The maximum atomic E-state index is 12.8. The molecule has 13 heteroatoms. The molecule has 0 aliphatic heterocycles. The Morgan fingerprint density at radius 1 is 0.538 bits per heavy atom. The molecule has 12 nitrogen and oxygen atoms in total. The largest absolute Gasteiger partial charge is 0.472 e. The summed E-state index contributed by atoms with van der Waals surface area (Å²) in [4.78, 5) is 35.6. The number of unbranched alkanes of at least 4 members (excludes halogenated alkanes) is 22. The van der Waals surface area contributed by atoms with Crippen LogP contribution in [-0.4, -0.2) is 109 Å². The number of phosphoric ester groups is 1. The molecule has 4 N–H and O–H groups in total. The first-order chi connectivity index (χ1) is 31.2. The van der Waals surface area contributed by atoms with E-state index in [0.717, 1.165) is 44.9 Å². The maximum absolute atomic E-state index is 12.8. The van der Waals surface area contributed by atoms with Gasteiger partial charge in [-0.3, -0.25) is 18.6 Å². The van der Waals surface area contributed by atoms with E-state index < -0.39 is 50.8 Å². The number of phosphoric acid groups is 1. The fourth-order valence-corrected chi connectivity index (χ4v) is 7.79. The van der Waals surface area contributed by atoms with Crippen LogP contribution in [0.4, 0.5) is 0 Å². The average Bonchev–Trinajstić information content (AvgIpc) is 3.25. The highest BCUT2D eigenvalue weighted by Gasteiger charge is 2.27. The van der Waals surface area contributed by atoms with Gasteiger partial charge in [0.05, 0.1) is 46.1 Å². The van der Waals surface area contributed by atoms with Gasteiger partial charge in [0.25, 0.3) is 0 Å². The van der Waals surface area contributed by atoms with E-state index in [-0.39, 0.29) is 38.9 Å². The van der Waals surface area contributed by atoms with Crippen LogP contribution in [0.5, 0.6) is 0 Å². The van der Waals surface area contributed by atoms with Crippen LogP contribution in [-0.2, 0) is 32.7 Å². The molecule has 0 fully saturated rings. The van der Waals surface area contributed by atoms with Crippen LogP contribution in [0.3, 0.4) is 0 Å². The molecule has 0 aliphatic rings. The second-order valence-electron chi connectivity index (χ2n) is 18.8. The topological polar surface area (TPSA) is 169 Å². The molecule has 1 unspecified atom stereocenters. The van der Waals surface area contributed by atoms with E-state index in [1.54, 1.807) is 42.5 Å². The van der Waals surface area contributed by atoms with Gasteiger partial charge in [0.1, 0.15) is 19.8 Å². The van der Waals surface area contributed by atoms with Gasteiger partial charge in [-0.15, -0.1) is 0 Å². The summed E-state index contributed by atoms with van der Waals surface area (Å²) in [5.74, 6) is -1.12. The molecule has 5 atom stereocenters. The lowest BCUT2D eigenvalue weighted by Crippen LogP contribution is -2.37. The molecule has 0 bridgehead atoms. The van der Waals surface area contributed by atoms with Gasteiger partial charge in [-0.05, 0) is 25.7 Å². The predicted octanol–water partition coefficient (Wildman–Crippen LogP) is 11.9. The molecule has 0 spiro atoms. The van der Waals surface area contributed by atoms with Gasteiger partial charge >= 0.3 is 19.8 Å². The molecule has 0 amide bonds. The molecule has 0 saturated carbocycles. The average molecular weight is 943 g/mol. The lowest BCUT2D eigenvalue weighted by Gasteiger charge is -2.24. The van der Waals surface area contributed by atoms with Crippen molar-refractivity contribution in [1.29, 1.82) is 0 Å². The smallest absolute Gasteiger partial charge is 0.462 e. The third kappa shape index (κ3) is 45.4. The van der Waals surface area contributed by atoms with E-state index >= 15 is 0 Å². The van der Waals surface area contributed by atoms with Crippen LogP contribution in [0.15, 0.2) is 48.6 Å². The number of hydrogen-bond donors (Lipinski definition) is 4. The van der Waals surface area contributed by atoms with Crippen molar-refractivity contribution in [2.75, 3.05) is 47.5 Å². The maximum Gasteiger partial charge on any atom is 0.472 e. The fraction of sp³-hybridized carbons (Fsp3) is 0.808. The van der Waals surface area contributed by atoms with Crippen LogP contribution in [0.25, 0.3) is 0 Å². The first kappa shape index (κ1) is 62.8. The number of allylic oxidation sites excluding steroid dienone is 6. The summed E-state index contributed by atoms with van der Waals surface area (Å²) in [5, 5.41) is 30.6. The van der Waals surface area contributed by atoms with Gasteiger partial charge in [0.15, 0.2) is 6.10 Å². The van der Waals surface area contributed by atoms with Crippen LogP contribution in [0.2, 0.25) is 0 Å². The van der Waals surface area contributed by atoms with Gasteiger partial charge in [0, 0.05) is 12.8 Å². The molecule has 0 heterocycles. The van der Waals surface area contributed by atoms with Crippen molar-refractivity contribution in [3.05, 3.63) is 48.6 Å². The van der Waals surface area contributed by atoms with Gasteiger partial charge in [-0.25, -0.2) is 4.57 Å². The van der Waals surface area contributed by atoms with E-state index in [1.165, 1.54) is 115 Å². The third-order valence-electron chi connectivity index (χ3n) is 11.2. The first-order valence-electron chi connectivity index (χ1n) is 25.7. The Morgan fingerprint density at radius 2 is 0.985 bits per heavy atom. The number of quaternary nitrogens is 1. The van der Waals surface area contributed by atoms with Crippen molar-refractivity contribution in [3.63, 3.8) is 0 Å². The number of aliphatic hydroxyl groups excluding tert-OH is 3. The highest BCUT2D eigenvalue weighted by atomic mass is 31.2.